The molecule has 0 aliphatic rings. The molecule has 0 spiro atoms. The molecule has 0 N–H and O–H groups in total. The molecule has 0 saturated heterocycles. The minimum absolute atomic E-state index is 0.0575. The van der Waals surface area contributed by atoms with Gasteiger partial charge in [-0.3, -0.25) is 4.79 Å². The Morgan fingerprint density at radius 3 is 2.67 bits per heavy atom. The fourth-order valence-corrected chi connectivity index (χ4v) is 0.814. The monoisotopic (exact) mass is 169 g/mol. The summed E-state index contributed by atoms with van der Waals surface area (Å²) in [6.45, 7) is 4.57. The van der Waals surface area contributed by atoms with Crippen LogP contribution in [-0.4, -0.2) is 37.1 Å². The second-order valence-electron chi connectivity index (χ2n) is 2.43. The minimum atomic E-state index is -0.404. The van der Waals surface area contributed by atoms with Crippen LogP contribution in [0.3, 0.4) is 0 Å². The molecule has 68 valence electrons. The molecule has 0 rings (SSSR count). The summed E-state index contributed by atoms with van der Waals surface area (Å²) in [5.41, 5.74) is 0. The van der Waals surface area contributed by atoms with Crippen molar-refractivity contribution >= 4 is 5.91 Å². The van der Waals surface area contributed by atoms with Crippen molar-refractivity contribution in [3.8, 4) is 12.3 Å². The lowest BCUT2D eigenvalue weighted by atomic mass is 10.3. The first-order chi connectivity index (χ1) is 5.67. The summed E-state index contributed by atoms with van der Waals surface area (Å²) in [6, 6.07) is 0. The molecule has 1 unspecified atom stereocenters. The maximum atomic E-state index is 11.4. The lowest BCUT2D eigenvalue weighted by molar-refractivity contribution is -0.140. The van der Waals surface area contributed by atoms with Crippen molar-refractivity contribution in [2.24, 2.45) is 0 Å². The van der Waals surface area contributed by atoms with Crippen LogP contribution in [0.5, 0.6) is 0 Å². The van der Waals surface area contributed by atoms with Gasteiger partial charge in [0.05, 0.1) is 6.54 Å². The lowest BCUT2D eigenvalue weighted by Crippen LogP contribution is -2.38. The summed E-state index contributed by atoms with van der Waals surface area (Å²) in [5, 5.41) is 0. The van der Waals surface area contributed by atoms with E-state index < -0.39 is 6.10 Å². The van der Waals surface area contributed by atoms with Gasteiger partial charge in [0.1, 0.15) is 6.10 Å². The fraction of sp³-hybridized carbons (Fsp3) is 0.667. The summed E-state index contributed by atoms with van der Waals surface area (Å²) < 4.78 is 4.88. The van der Waals surface area contributed by atoms with Gasteiger partial charge in [-0.05, 0) is 13.8 Å². The predicted octanol–water partition coefficient (Wildman–Crippen LogP) is 0.503. The number of likely N-dealkylation sites (N-methyl/N-ethyl adjacent to an activating group) is 1. The number of amides is 1. The second kappa shape index (κ2) is 5.62. The Kier molecular flexibility index (Phi) is 5.14. The van der Waals surface area contributed by atoms with Crippen LogP contribution in [0.15, 0.2) is 0 Å². The predicted molar refractivity (Wildman–Crippen MR) is 47.6 cm³/mol. The van der Waals surface area contributed by atoms with Gasteiger partial charge in [-0.2, -0.15) is 0 Å². The van der Waals surface area contributed by atoms with Crippen molar-refractivity contribution in [1.82, 2.24) is 4.90 Å². The molecule has 0 aliphatic carbocycles. The average Bonchev–Trinajstić information content (AvgIpc) is 2.11. The largest absolute Gasteiger partial charge is 0.372 e. The highest BCUT2D eigenvalue weighted by Crippen LogP contribution is 1.96. The molecule has 3 heteroatoms. The van der Waals surface area contributed by atoms with E-state index in [1.54, 1.807) is 11.8 Å². The molecule has 1 amide bonds. The highest BCUT2D eigenvalue weighted by molar-refractivity contribution is 5.80. The number of methoxy groups -OCH3 is 1. The normalized spacial score (nSPS) is 11.8. The zero-order valence-electron chi connectivity index (χ0n) is 7.83. The van der Waals surface area contributed by atoms with Crippen molar-refractivity contribution < 1.29 is 9.53 Å². The molecular weight excluding hydrogens is 154 g/mol. The molecule has 0 saturated carbocycles. The standard InChI is InChI=1S/C9H15NO2/c1-5-7-10(6-2)9(11)8(3)12-4/h1,8H,6-7H2,2-4H3. The molecular formula is C9H15NO2. The molecule has 1 atom stereocenters. The number of terminal acetylenes is 1. The Morgan fingerprint density at radius 2 is 2.33 bits per heavy atom. The first kappa shape index (κ1) is 11.0. The van der Waals surface area contributed by atoms with Crippen LogP contribution in [0.25, 0.3) is 0 Å². The highest BCUT2D eigenvalue weighted by Gasteiger charge is 2.17. The van der Waals surface area contributed by atoms with Gasteiger partial charge in [0.2, 0.25) is 0 Å². The van der Waals surface area contributed by atoms with E-state index >= 15 is 0 Å². The van der Waals surface area contributed by atoms with Crippen LogP contribution < -0.4 is 0 Å². The van der Waals surface area contributed by atoms with Crippen molar-refractivity contribution in [2.45, 2.75) is 20.0 Å². The van der Waals surface area contributed by atoms with Gasteiger partial charge in [0, 0.05) is 13.7 Å². The average molecular weight is 169 g/mol. The van der Waals surface area contributed by atoms with Gasteiger partial charge < -0.3 is 9.64 Å². The Hall–Kier alpha value is -1.01. The Bertz CT molecular complexity index is 183. The maximum absolute atomic E-state index is 11.4. The number of carbonyl (C=O) groups excluding carboxylic acids is 1. The van der Waals surface area contributed by atoms with Crippen molar-refractivity contribution in [3.63, 3.8) is 0 Å². The number of ether oxygens (including phenoxy) is 1. The molecule has 0 aromatic rings. The fourth-order valence-electron chi connectivity index (χ4n) is 0.814. The number of rotatable bonds is 4. The van der Waals surface area contributed by atoms with Crippen LogP contribution >= 0.6 is 0 Å². The van der Waals surface area contributed by atoms with Crippen LogP contribution in [0.2, 0.25) is 0 Å². The summed E-state index contributed by atoms with van der Waals surface area (Å²) in [4.78, 5) is 13.0. The topological polar surface area (TPSA) is 29.5 Å². The van der Waals surface area contributed by atoms with Crippen molar-refractivity contribution in [1.29, 1.82) is 0 Å². The van der Waals surface area contributed by atoms with E-state index in [4.69, 9.17) is 11.2 Å². The van der Waals surface area contributed by atoms with Crippen LogP contribution in [0.4, 0.5) is 0 Å². The third-order valence-electron chi connectivity index (χ3n) is 1.68. The van der Waals surface area contributed by atoms with E-state index in [0.29, 0.717) is 13.1 Å². The van der Waals surface area contributed by atoms with Gasteiger partial charge in [0.25, 0.3) is 5.91 Å². The molecule has 0 aliphatic heterocycles. The van der Waals surface area contributed by atoms with Gasteiger partial charge in [0.15, 0.2) is 0 Å². The third-order valence-corrected chi connectivity index (χ3v) is 1.68. The SMILES string of the molecule is C#CCN(CC)C(=O)C(C)OC. The Balaban J connectivity index is 4.13. The third kappa shape index (κ3) is 2.93. The summed E-state index contributed by atoms with van der Waals surface area (Å²) in [7, 11) is 1.51. The molecule has 0 aromatic heterocycles. The molecule has 0 fully saturated rings. The Labute approximate surface area is 73.7 Å². The van der Waals surface area contributed by atoms with Crippen LogP contribution in [0.1, 0.15) is 13.8 Å². The van der Waals surface area contributed by atoms with Crippen LogP contribution in [0, 0.1) is 12.3 Å². The summed E-state index contributed by atoms with van der Waals surface area (Å²) >= 11 is 0. The van der Waals surface area contributed by atoms with Gasteiger partial charge in [-0.25, -0.2) is 0 Å². The quantitative estimate of drug-likeness (QED) is 0.574. The van der Waals surface area contributed by atoms with Crippen molar-refractivity contribution in [2.75, 3.05) is 20.2 Å². The highest BCUT2D eigenvalue weighted by atomic mass is 16.5. The number of carbonyl (C=O) groups is 1. The first-order valence-corrected chi connectivity index (χ1v) is 3.92. The molecule has 3 nitrogen and oxygen atoms in total. The number of hydrogen-bond donors (Lipinski definition) is 0. The van der Waals surface area contributed by atoms with Crippen molar-refractivity contribution in [3.05, 3.63) is 0 Å². The summed E-state index contributed by atoms with van der Waals surface area (Å²) in [5.74, 6) is 2.37. The maximum Gasteiger partial charge on any atom is 0.252 e. The summed E-state index contributed by atoms with van der Waals surface area (Å²) in [6.07, 6.45) is 4.70. The van der Waals surface area contributed by atoms with Gasteiger partial charge >= 0.3 is 0 Å². The van der Waals surface area contributed by atoms with E-state index in [-0.39, 0.29) is 5.91 Å². The van der Waals surface area contributed by atoms with E-state index in [0.717, 1.165) is 0 Å². The molecule has 12 heavy (non-hydrogen) atoms. The first-order valence-electron chi connectivity index (χ1n) is 3.92. The zero-order valence-corrected chi connectivity index (χ0v) is 7.83. The van der Waals surface area contributed by atoms with E-state index in [1.165, 1.54) is 7.11 Å². The lowest BCUT2D eigenvalue weighted by Gasteiger charge is -2.21. The molecule has 0 radical (unpaired) electrons. The Morgan fingerprint density at radius 1 is 1.75 bits per heavy atom. The molecule has 0 heterocycles. The molecule has 0 bridgehead atoms. The van der Waals surface area contributed by atoms with E-state index in [1.807, 2.05) is 6.92 Å². The van der Waals surface area contributed by atoms with Gasteiger partial charge in [-0.15, -0.1) is 6.42 Å². The zero-order chi connectivity index (χ0) is 9.56. The van der Waals surface area contributed by atoms with Crippen LogP contribution in [-0.2, 0) is 9.53 Å². The molecule has 0 aromatic carbocycles. The van der Waals surface area contributed by atoms with E-state index in [9.17, 15) is 4.79 Å². The smallest absolute Gasteiger partial charge is 0.252 e. The van der Waals surface area contributed by atoms with Gasteiger partial charge in [-0.1, -0.05) is 5.92 Å². The number of nitrogens with zero attached hydrogens (tertiary/aromatic N) is 1. The van der Waals surface area contributed by atoms with E-state index in [2.05, 4.69) is 5.92 Å². The number of hydrogen-bond acceptors (Lipinski definition) is 2. The second-order valence-corrected chi connectivity index (χ2v) is 2.43. The minimum Gasteiger partial charge on any atom is -0.372 e.